The molecule has 1 heterocycles. The van der Waals surface area contributed by atoms with Gasteiger partial charge in [-0.2, -0.15) is 13.2 Å². The minimum atomic E-state index is -4.64. The van der Waals surface area contributed by atoms with Gasteiger partial charge >= 0.3 is 6.18 Å². The van der Waals surface area contributed by atoms with Crippen LogP contribution in [0.25, 0.3) is 0 Å². The van der Waals surface area contributed by atoms with Gasteiger partial charge < -0.3 is 5.32 Å². The van der Waals surface area contributed by atoms with E-state index in [2.05, 4.69) is 10.3 Å². The molecule has 0 unspecified atom stereocenters. The van der Waals surface area contributed by atoms with E-state index in [0.717, 1.165) is 12.3 Å². The number of carbonyl (C=O) groups excluding carboxylic acids is 1. The Kier molecular flexibility index (Phi) is 6.04. The fourth-order valence-electron chi connectivity index (χ4n) is 3.56. The third-order valence-corrected chi connectivity index (χ3v) is 5.68. The molecule has 0 radical (unpaired) electrons. The molecule has 1 amide bonds. The summed E-state index contributed by atoms with van der Waals surface area (Å²) in [5.41, 5.74) is -2.17. The van der Waals surface area contributed by atoms with Gasteiger partial charge in [0.1, 0.15) is 5.69 Å². The van der Waals surface area contributed by atoms with Crippen LogP contribution in [0.4, 0.5) is 26.3 Å². The molecule has 1 aliphatic rings. The van der Waals surface area contributed by atoms with Crippen LogP contribution in [0.15, 0.2) is 36.5 Å². The number of nitrogens with one attached hydrogen (secondary N) is 1. The first-order valence-corrected chi connectivity index (χ1v) is 9.45. The predicted octanol–water partition coefficient (Wildman–Crippen LogP) is 5.77. The number of nitrogens with zero attached hydrogens (tertiary/aromatic N) is 1. The topological polar surface area (TPSA) is 42.0 Å². The molecule has 0 saturated heterocycles. The van der Waals surface area contributed by atoms with Crippen molar-refractivity contribution in [2.75, 3.05) is 6.54 Å². The predicted molar refractivity (Wildman–Crippen MR) is 98.1 cm³/mol. The zero-order valence-corrected chi connectivity index (χ0v) is 16.3. The summed E-state index contributed by atoms with van der Waals surface area (Å²) in [6.45, 7) is -0.166. The standard InChI is InChI=1S/C20H17ClF6N2O/c21-14-3-1-2-13(16(14)22)17(30)29-11-18(6-8-19(23,24)9-7-18)12-4-5-15(28-10-12)20(25,26)27/h1-5,10H,6-9,11H2,(H,29,30). The number of halogens is 7. The fraction of sp³-hybridized carbons (Fsp3) is 0.400. The van der Waals surface area contributed by atoms with Crippen LogP contribution in [0, 0.1) is 5.82 Å². The fourth-order valence-corrected chi connectivity index (χ4v) is 3.74. The molecule has 10 heteroatoms. The van der Waals surface area contributed by atoms with Gasteiger partial charge in [0.2, 0.25) is 5.92 Å². The maximum absolute atomic E-state index is 14.1. The first-order chi connectivity index (χ1) is 13.9. The summed E-state index contributed by atoms with van der Waals surface area (Å²) < 4.78 is 80.0. The number of carbonyl (C=O) groups is 1. The molecule has 30 heavy (non-hydrogen) atoms. The molecule has 0 spiro atoms. The molecule has 1 fully saturated rings. The zero-order valence-electron chi connectivity index (χ0n) is 15.5. The first-order valence-electron chi connectivity index (χ1n) is 9.07. The molecule has 3 nitrogen and oxygen atoms in total. The Hall–Kier alpha value is -2.29. The number of rotatable bonds is 4. The molecule has 1 saturated carbocycles. The molecular weight excluding hydrogens is 434 g/mol. The van der Waals surface area contributed by atoms with Gasteiger partial charge in [-0.05, 0) is 36.6 Å². The van der Waals surface area contributed by atoms with Crippen molar-refractivity contribution < 1.29 is 31.1 Å². The second-order valence-electron chi connectivity index (χ2n) is 7.35. The first kappa shape index (κ1) is 22.4. The lowest BCUT2D eigenvalue weighted by Gasteiger charge is -2.40. The summed E-state index contributed by atoms with van der Waals surface area (Å²) in [4.78, 5) is 15.8. The molecule has 2 aromatic rings. The van der Waals surface area contributed by atoms with Gasteiger partial charge in [0.05, 0.1) is 10.6 Å². The Balaban J connectivity index is 1.86. The minimum absolute atomic E-state index is 0.0780. The SMILES string of the molecule is O=C(NCC1(c2ccc(C(F)(F)F)nc2)CCC(F)(F)CC1)c1cccc(Cl)c1F. The van der Waals surface area contributed by atoms with Crippen LogP contribution in [0.3, 0.4) is 0 Å². The van der Waals surface area contributed by atoms with E-state index in [0.29, 0.717) is 5.56 Å². The van der Waals surface area contributed by atoms with Gasteiger partial charge in [-0.15, -0.1) is 0 Å². The molecular formula is C20H17ClF6N2O. The maximum atomic E-state index is 14.1. The van der Waals surface area contributed by atoms with E-state index < -0.39 is 47.8 Å². The van der Waals surface area contributed by atoms with Gasteiger partial charge in [-0.25, -0.2) is 13.2 Å². The Morgan fingerprint density at radius 2 is 1.77 bits per heavy atom. The second-order valence-corrected chi connectivity index (χ2v) is 7.76. The normalized spacial score (nSPS) is 18.1. The van der Waals surface area contributed by atoms with E-state index in [4.69, 9.17) is 11.6 Å². The van der Waals surface area contributed by atoms with E-state index in [9.17, 15) is 31.1 Å². The number of hydrogen-bond acceptors (Lipinski definition) is 2. The Morgan fingerprint density at radius 1 is 1.10 bits per heavy atom. The van der Waals surface area contributed by atoms with Crippen molar-refractivity contribution in [2.45, 2.75) is 43.2 Å². The Morgan fingerprint density at radius 3 is 2.33 bits per heavy atom. The molecule has 0 atom stereocenters. The van der Waals surface area contributed by atoms with E-state index in [1.807, 2.05) is 0 Å². The van der Waals surface area contributed by atoms with E-state index >= 15 is 0 Å². The van der Waals surface area contributed by atoms with Crippen molar-refractivity contribution in [2.24, 2.45) is 0 Å². The second kappa shape index (κ2) is 8.09. The van der Waals surface area contributed by atoms with Crippen LogP contribution in [0.2, 0.25) is 5.02 Å². The molecule has 0 aliphatic heterocycles. The quantitative estimate of drug-likeness (QED) is 0.601. The number of alkyl halides is 5. The maximum Gasteiger partial charge on any atom is 0.433 e. The van der Waals surface area contributed by atoms with Crippen LogP contribution < -0.4 is 5.32 Å². The van der Waals surface area contributed by atoms with Crippen molar-refractivity contribution in [1.29, 1.82) is 0 Å². The third kappa shape index (κ3) is 4.71. The summed E-state index contributed by atoms with van der Waals surface area (Å²) in [5, 5.41) is 2.27. The average molecular weight is 451 g/mol. The van der Waals surface area contributed by atoms with Gasteiger partial charge in [0.15, 0.2) is 5.82 Å². The van der Waals surface area contributed by atoms with Crippen LogP contribution in [-0.2, 0) is 11.6 Å². The van der Waals surface area contributed by atoms with Crippen LogP contribution in [0.5, 0.6) is 0 Å². The van der Waals surface area contributed by atoms with Gasteiger partial charge in [-0.3, -0.25) is 9.78 Å². The van der Waals surface area contributed by atoms with Crippen molar-refractivity contribution in [3.8, 4) is 0 Å². The van der Waals surface area contributed by atoms with E-state index in [-0.39, 0.29) is 30.0 Å². The molecule has 1 aliphatic carbocycles. The molecule has 1 N–H and O–H groups in total. The highest BCUT2D eigenvalue weighted by Crippen LogP contribution is 2.45. The molecule has 1 aromatic carbocycles. The molecule has 0 bridgehead atoms. The number of pyridine rings is 1. The number of hydrogen-bond donors (Lipinski definition) is 1. The number of aromatic nitrogens is 1. The van der Waals surface area contributed by atoms with E-state index in [1.165, 1.54) is 24.3 Å². The van der Waals surface area contributed by atoms with Gasteiger partial charge in [0, 0.05) is 31.0 Å². The van der Waals surface area contributed by atoms with Crippen molar-refractivity contribution in [3.63, 3.8) is 0 Å². The largest absolute Gasteiger partial charge is 0.433 e. The van der Waals surface area contributed by atoms with Crippen molar-refractivity contribution >= 4 is 17.5 Å². The lowest BCUT2D eigenvalue weighted by Crippen LogP contribution is -2.45. The highest BCUT2D eigenvalue weighted by atomic mass is 35.5. The Labute approximate surface area is 173 Å². The highest BCUT2D eigenvalue weighted by molar-refractivity contribution is 6.31. The molecule has 162 valence electrons. The smallest absolute Gasteiger partial charge is 0.351 e. The monoisotopic (exact) mass is 450 g/mol. The molecule has 3 rings (SSSR count). The van der Waals surface area contributed by atoms with Crippen LogP contribution in [-0.4, -0.2) is 23.4 Å². The zero-order chi connectivity index (χ0) is 22.2. The van der Waals surface area contributed by atoms with Crippen LogP contribution in [0.1, 0.15) is 47.3 Å². The summed E-state index contributed by atoms with van der Waals surface area (Å²) in [6.07, 6.45) is -4.77. The lowest BCUT2D eigenvalue weighted by atomic mass is 9.68. The number of amides is 1. The summed E-state index contributed by atoms with van der Waals surface area (Å²) in [7, 11) is 0. The summed E-state index contributed by atoms with van der Waals surface area (Å²) in [5.74, 6) is -4.62. The van der Waals surface area contributed by atoms with Gasteiger partial charge in [-0.1, -0.05) is 23.7 Å². The summed E-state index contributed by atoms with van der Waals surface area (Å²) in [6, 6.07) is 5.84. The Bertz CT molecular complexity index is 920. The minimum Gasteiger partial charge on any atom is -0.351 e. The van der Waals surface area contributed by atoms with Crippen molar-refractivity contribution in [3.05, 3.63) is 64.2 Å². The number of benzene rings is 1. The third-order valence-electron chi connectivity index (χ3n) is 5.39. The van der Waals surface area contributed by atoms with E-state index in [1.54, 1.807) is 0 Å². The van der Waals surface area contributed by atoms with Crippen LogP contribution >= 0.6 is 11.6 Å². The van der Waals surface area contributed by atoms with Gasteiger partial charge in [0.25, 0.3) is 5.91 Å². The van der Waals surface area contributed by atoms with Crippen molar-refractivity contribution in [1.82, 2.24) is 10.3 Å². The molecule has 1 aromatic heterocycles. The summed E-state index contributed by atoms with van der Waals surface area (Å²) >= 11 is 5.67. The lowest BCUT2D eigenvalue weighted by molar-refractivity contribution is -0.141. The average Bonchev–Trinajstić information content (AvgIpc) is 2.69. The highest BCUT2D eigenvalue weighted by Gasteiger charge is 2.45.